The number of halogens is 2. The Kier molecular flexibility index (Phi) is 4.21. The highest BCUT2D eigenvalue weighted by Gasteiger charge is 2.43. The van der Waals surface area contributed by atoms with Crippen molar-refractivity contribution in [2.45, 2.75) is 15.6 Å². The fourth-order valence-electron chi connectivity index (χ4n) is 1.28. The first-order chi connectivity index (χ1) is 7.18. The van der Waals surface area contributed by atoms with Gasteiger partial charge in [0.1, 0.15) is 6.10 Å². The van der Waals surface area contributed by atoms with Gasteiger partial charge in [-0.3, -0.25) is 0 Å². The van der Waals surface area contributed by atoms with Gasteiger partial charge < -0.3 is 5.11 Å². The van der Waals surface area contributed by atoms with Gasteiger partial charge in [-0.2, -0.15) is 0 Å². The Morgan fingerprint density at radius 1 is 1.31 bits per heavy atom. The van der Waals surface area contributed by atoms with E-state index >= 15 is 0 Å². The average Bonchev–Trinajstić information content (AvgIpc) is 2.15. The molecule has 0 fully saturated rings. The van der Waals surface area contributed by atoms with Crippen LogP contribution in [0.25, 0.3) is 0 Å². The maximum atomic E-state index is 11.5. The second-order valence-corrected chi connectivity index (χ2v) is 10.4. The largest absolute Gasteiger partial charge is 0.385 e. The predicted molar refractivity (Wildman–Crippen MR) is 71.6 cm³/mol. The number of aryl methyl sites for hydroxylation is 1. The molecule has 0 saturated carbocycles. The highest BCUT2D eigenvalue weighted by atomic mass is 79.9. The molecule has 1 atom stereocenters. The highest BCUT2D eigenvalue weighted by Crippen LogP contribution is 2.44. The lowest BCUT2D eigenvalue weighted by atomic mass is 10.1. The molecule has 0 radical (unpaired) electrons. The van der Waals surface area contributed by atoms with Crippen LogP contribution in [0.15, 0.2) is 24.3 Å². The summed E-state index contributed by atoms with van der Waals surface area (Å²) < 4.78 is 21.5. The first kappa shape index (κ1) is 14.2. The lowest BCUT2D eigenvalue weighted by molar-refractivity contribution is 0.188. The number of alkyl halides is 2. The summed E-state index contributed by atoms with van der Waals surface area (Å²) in [6.07, 6.45) is -0.124. The van der Waals surface area contributed by atoms with Gasteiger partial charge in [0, 0.05) is 6.26 Å². The topological polar surface area (TPSA) is 54.4 Å². The van der Waals surface area contributed by atoms with Crippen LogP contribution in [0.3, 0.4) is 0 Å². The average molecular weight is 372 g/mol. The number of hydrogen-bond donors (Lipinski definition) is 1. The summed E-state index contributed by atoms with van der Waals surface area (Å²) in [5.41, 5.74) is 1.41. The van der Waals surface area contributed by atoms with Gasteiger partial charge in [0.15, 0.2) is 9.84 Å². The van der Waals surface area contributed by atoms with Gasteiger partial charge in [-0.1, -0.05) is 56.1 Å². The number of benzene rings is 1. The molecule has 1 rings (SSSR count). The zero-order valence-corrected chi connectivity index (χ0v) is 12.8. The molecule has 1 aromatic carbocycles. The zero-order chi connectivity index (χ0) is 12.6. The molecule has 0 aliphatic carbocycles. The molecule has 90 valence electrons. The molecule has 1 N–H and O–H groups in total. The zero-order valence-electron chi connectivity index (χ0n) is 8.81. The second-order valence-electron chi connectivity index (χ2n) is 3.59. The molecule has 16 heavy (non-hydrogen) atoms. The Labute approximate surface area is 112 Å². The summed E-state index contributed by atoms with van der Waals surface area (Å²) in [7, 11) is -3.48. The van der Waals surface area contributed by atoms with Gasteiger partial charge in [-0.15, -0.1) is 0 Å². The van der Waals surface area contributed by atoms with Crippen LogP contribution < -0.4 is 0 Å². The van der Waals surface area contributed by atoms with Gasteiger partial charge >= 0.3 is 0 Å². The minimum atomic E-state index is -3.48. The van der Waals surface area contributed by atoms with Crippen LogP contribution in [0, 0.1) is 6.92 Å². The number of aliphatic hydroxyl groups excluding tert-OH is 1. The monoisotopic (exact) mass is 370 g/mol. The molecule has 0 unspecified atom stereocenters. The Morgan fingerprint density at radius 2 is 1.81 bits per heavy atom. The fraction of sp³-hybridized carbons (Fsp3) is 0.400. The van der Waals surface area contributed by atoms with E-state index in [2.05, 4.69) is 31.9 Å². The summed E-state index contributed by atoms with van der Waals surface area (Å²) in [5.74, 6) is 0. The number of sulfone groups is 1. The van der Waals surface area contributed by atoms with Crippen molar-refractivity contribution in [3.63, 3.8) is 0 Å². The summed E-state index contributed by atoms with van der Waals surface area (Å²) >= 11 is 6.03. The summed E-state index contributed by atoms with van der Waals surface area (Å²) in [5, 5.41) is 10.1. The summed E-state index contributed by atoms with van der Waals surface area (Å²) in [6, 6.07) is 7.10. The number of aliphatic hydroxyl groups is 1. The predicted octanol–water partition coefficient (Wildman–Crippen LogP) is 2.52. The van der Waals surface area contributed by atoms with E-state index in [9.17, 15) is 13.5 Å². The second kappa shape index (κ2) is 4.76. The fourth-order valence-corrected chi connectivity index (χ4v) is 2.30. The molecule has 0 spiro atoms. The molecular formula is C10H12Br2O3S. The quantitative estimate of drug-likeness (QED) is 0.830. The molecule has 0 aliphatic heterocycles. The van der Waals surface area contributed by atoms with Crippen molar-refractivity contribution in [1.82, 2.24) is 0 Å². The maximum absolute atomic E-state index is 11.5. The molecule has 3 nitrogen and oxygen atoms in total. The minimum Gasteiger partial charge on any atom is -0.385 e. The molecule has 1 aromatic rings. The number of rotatable bonds is 3. The number of hydrogen-bond acceptors (Lipinski definition) is 3. The minimum absolute atomic E-state index is 0.571. The van der Waals surface area contributed by atoms with Gasteiger partial charge in [0.2, 0.25) is 2.57 Å². The highest BCUT2D eigenvalue weighted by molar-refractivity contribution is 9.27. The Morgan fingerprint density at radius 3 is 2.25 bits per heavy atom. The molecule has 0 aliphatic rings. The normalized spacial score (nSPS) is 14.8. The van der Waals surface area contributed by atoms with Crippen LogP contribution in [0.2, 0.25) is 0 Å². The van der Waals surface area contributed by atoms with E-state index in [4.69, 9.17) is 0 Å². The van der Waals surface area contributed by atoms with E-state index in [1.165, 1.54) is 0 Å². The third kappa shape index (κ3) is 2.67. The van der Waals surface area contributed by atoms with Crippen molar-refractivity contribution in [2.75, 3.05) is 6.26 Å². The third-order valence-corrected chi connectivity index (χ3v) is 7.90. The lowest BCUT2D eigenvalue weighted by Crippen LogP contribution is -2.31. The van der Waals surface area contributed by atoms with Crippen molar-refractivity contribution in [3.05, 3.63) is 35.4 Å². The first-order valence-electron chi connectivity index (χ1n) is 4.49. The van der Waals surface area contributed by atoms with Gasteiger partial charge in [0.25, 0.3) is 0 Å². The smallest absolute Gasteiger partial charge is 0.210 e. The molecular weight excluding hydrogens is 360 g/mol. The van der Waals surface area contributed by atoms with E-state index in [0.717, 1.165) is 11.8 Å². The van der Waals surface area contributed by atoms with Crippen LogP contribution in [0.5, 0.6) is 0 Å². The van der Waals surface area contributed by atoms with Crippen molar-refractivity contribution < 1.29 is 13.5 Å². The van der Waals surface area contributed by atoms with Crippen molar-refractivity contribution in [2.24, 2.45) is 0 Å². The van der Waals surface area contributed by atoms with Crippen LogP contribution in [-0.4, -0.2) is 22.3 Å². The molecule has 0 aromatic heterocycles. The Balaban J connectivity index is 3.23. The van der Waals surface area contributed by atoms with Crippen LogP contribution in [-0.2, 0) is 9.84 Å². The van der Waals surface area contributed by atoms with Crippen molar-refractivity contribution in [3.8, 4) is 0 Å². The SMILES string of the molecule is Cc1ccccc1[C@H](O)C(Br)(Br)S(C)(=O)=O. The Hall–Kier alpha value is 0.0900. The van der Waals surface area contributed by atoms with E-state index in [0.29, 0.717) is 5.56 Å². The van der Waals surface area contributed by atoms with E-state index in [1.807, 2.05) is 19.1 Å². The van der Waals surface area contributed by atoms with Crippen LogP contribution in [0.4, 0.5) is 0 Å². The first-order valence-corrected chi connectivity index (χ1v) is 7.96. The maximum Gasteiger partial charge on any atom is 0.210 e. The summed E-state index contributed by atoms with van der Waals surface area (Å²) in [6.45, 7) is 1.82. The molecule has 6 heteroatoms. The van der Waals surface area contributed by atoms with Crippen molar-refractivity contribution in [1.29, 1.82) is 0 Å². The van der Waals surface area contributed by atoms with Crippen LogP contribution in [0.1, 0.15) is 17.2 Å². The van der Waals surface area contributed by atoms with Crippen LogP contribution >= 0.6 is 31.9 Å². The van der Waals surface area contributed by atoms with Gasteiger partial charge in [0.05, 0.1) is 0 Å². The molecule has 0 bridgehead atoms. The Bertz CT molecular complexity index is 483. The van der Waals surface area contributed by atoms with E-state index in [1.54, 1.807) is 12.1 Å². The summed E-state index contributed by atoms with van der Waals surface area (Å²) in [4.78, 5) is 0. The molecule has 0 saturated heterocycles. The standard InChI is InChI=1S/C10H12Br2O3S/c1-7-5-3-4-6-8(7)9(13)10(11,12)16(2,14)15/h3-6,9,13H,1-2H3/t9-/m0/s1. The van der Waals surface area contributed by atoms with Gasteiger partial charge in [-0.05, 0) is 18.1 Å². The van der Waals surface area contributed by atoms with Gasteiger partial charge in [-0.25, -0.2) is 8.42 Å². The van der Waals surface area contributed by atoms with Crippen molar-refractivity contribution >= 4 is 41.7 Å². The molecule has 0 heterocycles. The van der Waals surface area contributed by atoms with E-state index in [-0.39, 0.29) is 0 Å². The molecule has 0 amide bonds. The lowest BCUT2D eigenvalue weighted by Gasteiger charge is -2.26. The third-order valence-electron chi connectivity index (χ3n) is 2.30. The van der Waals surface area contributed by atoms with E-state index < -0.39 is 18.5 Å².